The van der Waals surface area contributed by atoms with Gasteiger partial charge in [-0.05, 0) is 75.7 Å². The molecule has 3 rings (SSSR count). The third-order valence-electron chi connectivity index (χ3n) is 4.48. The molecule has 0 aliphatic heterocycles. The fourth-order valence-corrected chi connectivity index (χ4v) is 5.29. The minimum Gasteiger partial charge on any atom is -0.443 e. The van der Waals surface area contributed by atoms with Crippen LogP contribution in [0.1, 0.15) is 26.3 Å². The van der Waals surface area contributed by atoms with E-state index in [2.05, 4.69) is 15.9 Å². The number of benzene rings is 2. The number of hydrogen-bond acceptors (Lipinski definition) is 4. The van der Waals surface area contributed by atoms with Crippen molar-refractivity contribution in [2.24, 2.45) is 0 Å². The van der Waals surface area contributed by atoms with Crippen molar-refractivity contribution in [2.75, 3.05) is 4.31 Å². The van der Waals surface area contributed by atoms with Crippen molar-refractivity contribution in [2.45, 2.75) is 44.6 Å². The molecule has 0 amide bonds. The summed E-state index contributed by atoms with van der Waals surface area (Å²) in [5, 5.41) is -1.02. The number of carbonyl (C=O) groups excluding carboxylic acids is 1. The van der Waals surface area contributed by atoms with Gasteiger partial charge in [-0.25, -0.2) is 13.8 Å². The first kappa shape index (κ1) is 25.0. The van der Waals surface area contributed by atoms with Gasteiger partial charge in [0.1, 0.15) is 11.4 Å². The zero-order valence-electron chi connectivity index (χ0n) is 17.9. The maximum absolute atomic E-state index is 14.1. The number of fused-ring (bicyclic) bond motifs is 1. The number of hydrogen-bond donors (Lipinski definition) is 0. The van der Waals surface area contributed by atoms with Crippen molar-refractivity contribution < 1.29 is 35.5 Å². The fourth-order valence-electron chi connectivity index (χ4n) is 3.28. The van der Waals surface area contributed by atoms with E-state index in [1.54, 1.807) is 0 Å². The van der Waals surface area contributed by atoms with E-state index in [0.717, 1.165) is 30.3 Å². The highest BCUT2D eigenvalue weighted by Crippen LogP contribution is 2.39. The van der Waals surface area contributed by atoms with Gasteiger partial charge in [0, 0.05) is 9.86 Å². The van der Waals surface area contributed by atoms with Crippen LogP contribution in [0.2, 0.25) is 0 Å². The van der Waals surface area contributed by atoms with E-state index in [4.69, 9.17) is 4.74 Å². The average molecular weight is 551 g/mol. The van der Waals surface area contributed by atoms with Crippen LogP contribution in [-0.2, 0) is 14.8 Å². The lowest BCUT2D eigenvalue weighted by atomic mass is 10.2. The lowest BCUT2D eigenvalue weighted by Gasteiger charge is -2.27. The SMILES string of the molecule is Cc1c(S(=O)(=O)N(c2ccc(Br)cc2)C(F)(F)F)n(C(=O)OC(C)(C)C)c2ccc(F)cc12. The molecule has 1 heterocycles. The number of anilines is 1. The fraction of sp³-hybridized carbons (Fsp3) is 0.286. The van der Waals surface area contributed by atoms with Crippen molar-refractivity contribution in [3.05, 3.63) is 58.3 Å². The van der Waals surface area contributed by atoms with Crippen LogP contribution in [0.4, 0.5) is 28.0 Å². The standard InChI is InChI=1S/C21H19BrF4N2O4S/c1-12-16-11-14(23)7-10-17(16)27(19(29)32-20(2,3)4)18(12)33(30,31)28(21(24,25)26)15-8-5-13(22)6-9-15/h5-11H,1-4H3. The maximum atomic E-state index is 14.1. The van der Waals surface area contributed by atoms with E-state index in [9.17, 15) is 30.8 Å². The molecule has 1 aromatic heterocycles. The second kappa shape index (κ2) is 8.32. The highest BCUT2D eigenvalue weighted by atomic mass is 79.9. The molecular weight excluding hydrogens is 532 g/mol. The van der Waals surface area contributed by atoms with E-state index in [1.807, 2.05) is 0 Å². The monoisotopic (exact) mass is 550 g/mol. The largest absolute Gasteiger partial charge is 0.498 e. The molecule has 178 valence electrons. The number of nitrogens with zero attached hydrogens (tertiary/aromatic N) is 2. The first-order valence-corrected chi connectivity index (χ1v) is 11.7. The summed E-state index contributed by atoms with van der Waals surface area (Å²) >= 11 is 3.09. The number of ether oxygens (including phenoxy) is 1. The molecule has 0 saturated heterocycles. The quantitative estimate of drug-likeness (QED) is 0.281. The highest BCUT2D eigenvalue weighted by molar-refractivity contribution is 9.10. The van der Waals surface area contributed by atoms with Gasteiger partial charge < -0.3 is 4.74 Å². The molecule has 0 spiro atoms. The zero-order valence-corrected chi connectivity index (χ0v) is 20.3. The van der Waals surface area contributed by atoms with Crippen LogP contribution in [0.3, 0.4) is 0 Å². The molecule has 2 aromatic carbocycles. The molecule has 0 bridgehead atoms. The Morgan fingerprint density at radius 3 is 2.15 bits per heavy atom. The highest BCUT2D eigenvalue weighted by Gasteiger charge is 2.49. The van der Waals surface area contributed by atoms with E-state index < -0.39 is 48.9 Å². The molecule has 0 atom stereocenters. The molecular formula is C21H19BrF4N2O4S. The predicted molar refractivity (Wildman–Crippen MR) is 118 cm³/mol. The molecule has 0 aliphatic rings. The molecule has 12 heteroatoms. The van der Waals surface area contributed by atoms with E-state index in [-0.39, 0.29) is 16.5 Å². The minimum atomic E-state index is -5.43. The topological polar surface area (TPSA) is 68.6 Å². The molecule has 33 heavy (non-hydrogen) atoms. The molecule has 6 nitrogen and oxygen atoms in total. The Labute approximate surface area is 195 Å². The molecule has 0 unspecified atom stereocenters. The number of halogens is 5. The number of rotatable bonds is 3. The van der Waals surface area contributed by atoms with Crippen LogP contribution in [0.25, 0.3) is 10.9 Å². The molecule has 0 saturated carbocycles. The Kier molecular flexibility index (Phi) is 6.31. The second-order valence-electron chi connectivity index (χ2n) is 8.12. The smallest absolute Gasteiger partial charge is 0.443 e. The van der Waals surface area contributed by atoms with Crippen LogP contribution < -0.4 is 4.31 Å². The van der Waals surface area contributed by atoms with Crippen molar-refractivity contribution in [3.8, 4) is 0 Å². The van der Waals surface area contributed by atoms with Gasteiger partial charge in [0.15, 0.2) is 5.03 Å². The summed E-state index contributed by atoms with van der Waals surface area (Å²) in [6.45, 7) is 5.75. The molecule has 0 fully saturated rings. The Balaban J connectivity index is 2.38. The van der Waals surface area contributed by atoms with Crippen molar-refractivity contribution >= 4 is 48.6 Å². The van der Waals surface area contributed by atoms with Crippen LogP contribution in [-0.4, -0.2) is 31.0 Å². The number of sulfonamides is 1. The molecule has 0 aliphatic carbocycles. The van der Waals surface area contributed by atoms with Crippen LogP contribution in [0, 0.1) is 12.7 Å². The summed E-state index contributed by atoms with van der Waals surface area (Å²) in [5.41, 5.74) is -2.13. The summed E-state index contributed by atoms with van der Waals surface area (Å²) in [6.07, 6.45) is -6.59. The van der Waals surface area contributed by atoms with Gasteiger partial charge in [-0.3, -0.25) is 0 Å². The van der Waals surface area contributed by atoms with Gasteiger partial charge >= 0.3 is 12.4 Å². The summed E-state index contributed by atoms with van der Waals surface area (Å²) in [5.74, 6) is -0.753. The van der Waals surface area contributed by atoms with Gasteiger partial charge in [0.2, 0.25) is 0 Å². The first-order chi connectivity index (χ1) is 15.0. The number of alkyl halides is 3. The summed E-state index contributed by atoms with van der Waals surface area (Å²) < 4.78 is 88.7. The number of aromatic nitrogens is 1. The Bertz CT molecular complexity index is 1330. The average Bonchev–Trinajstić information content (AvgIpc) is 2.94. The second-order valence-corrected chi connectivity index (χ2v) is 10.7. The van der Waals surface area contributed by atoms with Crippen LogP contribution in [0.15, 0.2) is 52.0 Å². The van der Waals surface area contributed by atoms with Crippen molar-refractivity contribution in [1.29, 1.82) is 0 Å². The van der Waals surface area contributed by atoms with E-state index >= 15 is 0 Å². The van der Waals surface area contributed by atoms with Gasteiger partial charge in [-0.2, -0.15) is 12.7 Å². The lowest BCUT2D eigenvalue weighted by Crippen LogP contribution is -2.44. The lowest BCUT2D eigenvalue weighted by molar-refractivity contribution is -0.115. The number of carbonyl (C=O) groups is 1. The van der Waals surface area contributed by atoms with E-state index in [0.29, 0.717) is 9.04 Å². The first-order valence-electron chi connectivity index (χ1n) is 9.45. The maximum Gasteiger partial charge on any atom is 0.498 e. The zero-order chi connectivity index (χ0) is 24.9. The molecule has 0 radical (unpaired) electrons. The predicted octanol–water partition coefficient (Wildman–Crippen LogP) is 6.35. The van der Waals surface area contributed by atoms with Crippen molar-refractivity contribution in [3.63, 3.8) is 0 Å². The third-order valence-corrected chi connectivity index (χ3v) is 6.88. The molecule has 3 aromatic rings. The minimum absolute atomic E-state index is 0.0441. The Morgan fingerprint density at radius 2 is 1.64 bits per heavy atom. The van der Waals surface area contributed by atoms with Crippen LogP contribution in [0.5, 0.6) is 0 Å². The molecule has 0 N–H and O–H groups in total. The van der Waals surface area contributed by atoms with E-state index in [1.165, 1.54) is 39.8 Å². The summed E-state index contributed by atoms with van der Waals surface area (Å²) in [4.78, 5) is 13.0. The van der Waals surface area contributed by atoms with Gasteiger partial charge in [0.25, 0.3) is 10.0 Å². The third kappa shape index (κ3) is 4.86. The van der Waals surface area contributed by atoms with Crippen LogP contribution >= 0.6 is 15.9 Å². The Hall–Kier alpha value is -2.60. The Morgan fingerprint density at radius 1 is 1.06 bits per heavy atom. The van der Waals surface area contributed by atoms with Gasteiger partial charge in [-0.15, -0.1) is 13.2 Å². The van der Waals surface area contributed by atoms with Crippen molar-refractivity contribution in [1.82, 2.24) is 4.57 Å². The summed E-state index contributed by atoms with van der Waals surface area (Å²) in [6, 6.07) is 7.44. The number of aryl methyl sites for hydroxylation is 1. The van der Waals surface area contributed by atoms with Gasteiger partial charge in [0.05, 0.1) is 11.2 Å². The summed E-state index contributed by atoms with van der Waals surface area (Å²) in [7, 11) is -5.43. The normalized spacial score (nSPS) is 12.8. The van der Waals surface area contributed by atoms with Gasteiger partial charge in [-0.1, -0.05) is 15.9 Å².